The summed E-state index contributed by atoms with van der Waals surface area (Å²) in [4.78, 5) is 4.60. The summed E-state index contributed by atoms with van der Waals surface area (Å²) >= 11 is 0. The maximum atomic E-state index is 9.59. The summed E-state index contributed by atoms with van der Waals surface area (Å²) in [7, 11) is 1.55. The average molecular weight is 338 g/mol. The van der Waals surface area contributed by atoms with Crippen LogP contribution in [0.3, 0.4) is 0 Å². The second-order valence-electron chi connectivity index (χ2n) is 4.62. The van der Waals surface area contributed by atoms with Crippen molar-refractivity contribution in [3.63, 3.8) is 0 Å². The number of methoxy groups -OCH3 is 1. The number of nitrogens with zero attached hydrogens (tertiary/aromatic N) is 1. The van der Waals surface area contributed by atoms with Gasteiger partial charge in [-0.2, -0.15) is 0 Å². The smallest absolute Gasteiger partial charge is 0.161 e. The third-order valence-electron chi connectivity index (χ3n) is 3.42. The van der Waals surface area contributed by atoms with Gasteiger partial charge in [0, 0.05) is 5.71 Å². The maximum Gasteiger partial charge on any atom is 0.161 e. The normalized spacial score (nSPS) is 16.2. The molecule has 2 rings (SSSR count). The Labute approximate surface area is 130 Å². The number of benzene rings is 1. The molecule has 108 valence electrons. The Morgan fingerprint density at radius 2 is 2.00 bits per heavy atom. The topological polar surface area (TPSA) is 41.8 Å². The lowest BCUT2D eigenvalue weighted by atomic mass is 10.0. The van der Waals surface area contributed by atoms with Crippen molar-refractivity contribution < 1.29 is 9.84 Å². The third-order valence-corrected chi connectivity index (χ3v) is 3.42. The van der Waals surface area contributed by atoms with Crippen LogP contribution in [0.1, 0.15) is 32.8 Å². The fraction of sp³-hybridized carbons (Fsp3) is 0.312. The number of rotatable bonds is 3. The molecule has 1 heterocycles. The minimum atomic E-state index is 0. The predicted molar refractivity (Wildman–Crippen MR) is 89.1 cm³/mol. The van der Waals surface area contributed by atoms with E-state index in [1.807, 2.05) is 25.1 Å². The van der Waals surface area contributed by atoms with Gasteiger partial charge >= 0.3 is 0 Å². The van der Waals surface area contributed by atoms with Gasteiger partial charge in [0.15, 0.2) is 11.5 Å². The van der Waals surface area contributed by atoms with Crippen molar-refractivity contribution in [2.45, 2.75) is 27.2 Å². The van der Waals surface area contributed by atoms with Crippen LogP contribution >= 0.6 is 17.0 Å². The molecule has 0 bridgehead atoms. The monoisotopic (exact) mass is 337 g/mol. The zero-order chi connectivity index (χ0) is 14.0. The number of ether oxygens (including phenoxy) is 1. The summed E-state index contributed by atoms with van der Waals surface area (Å²) in [6.07, 6.45) is 3.01. The van der Waals surface area contributed by atoms with Gasteiger partial charge in [0.05, 0.1) is 12.8 Å². The van der Waals surface area contributed by atoms with E-state index in [1.165, 1.54) is 11.1 Å². The van der Waals surface area contributed by atoms with E-state index in [1.54, 1.807) is 13.2 Å². The van der Waals surface area contributed by atoms with Crippen molar-refractivity contribution >= 4 is 28.8 Å². The Morgan fingerprint density at radius 3 is 2.55 bits per heavy atom. The van der Waals surface area contributed by atoms with Gasteiger partial charge in [-0.15, -0.1) is 17.0 Å². The summed E-state index contributed by atoms with van der Waals surface area (Å²) in [5, 5.41) is 9.59. The number of hydrogen-bond donors (Lipinski definition) is 1. The van der Waals surface area contributed by atoms with Gasteiger partial charge in [-0.25, -0.2) is 0 Å². The Kier molecular flexibility index (Phi) is 5.57. The van der Waals surface area contributed by atoms with Gasteiger partial charge in [-0.3, -0.25) is 4.99 Å². The largest absolute Gasteiger partial charge is 0.504 e. The van der Waals surface area contributed by atoms with Crippen LogP contribution in [-0.2, 0) is 0 Å². The lowest BCUT2D eigenvalue weighted by molar-refractivity contribution is 0.373. The van der Waals surface area contributed by atoms with E-state index in [9.17, 15) is 5.11 Å². The first-order valence-corrected chi connectivity index (χ1v) is 6.41. The molecule has 1 aromatic rings. The number of phenols is 1. The molecule has 0 fully saturated rings. The van der Waals surface area contributed by atoms with Gasteiger partial charge in [0.2, 0.25) is 0 Å². The fourth-order valence-electron chi connectivity index (χ4n) is 2.36. The molecule has 1 aliphatic rings. The molecule has 4 heteroatoms. The fourth-order valence-corrected chi connectivity index (χ4v) is 2.36. The van der Waals surface area contributed by atoms with E-state index in [4.69, 9.17) is 4.74 Å². The molecule has 0 aliphatic carbocycles. The van der Waals surface area contributed by atoms with Crippen molar-refractivity contribution in [2.75, 3.05) is 7.11 Å². The molecular weight excluding hydrogens is 318 g/mol. The van der Waals surface area contributed by atoms with Gasteiger partial charge in [-0.1, -0.05) is 13.0 Å². The summed E-state index contributed by atoms with van der Waals surface area (Å²) < 4.78 is 5.11. The van der Waals surface area contributed by atoms with Crippen LogP contribution in [0.15, 0.2) is 40.0 Å². The van der Waals surface area contributed by atoms with Crippen LogP contribution in [-0.4, -0.2) is 17.9 Å². The zero-order valence-corrected chi connectivity index (χ0v) is 13.9. The highest BCUT2D eigenvalue weighted by atomic mass is 79.9. The number of halogens is 1. The van der Waals surface area contributed by atoms with Crippen molar-refractivity contribution in [1.82, 2.24) is 0 Å². The second-order valence-corrected chi connectivity index (χ2v) is 4.62. The molecule has 0 radical (unpaired) electrons. The van der Waals surface area contributed by atoms with E-state index in [2.05, 4.69) is 18.8 Å². The number of phenolic OH excluding ortho intramolecular Hbond substituents is 1. The Bertz CT molecular complexity index is 600. The average Bonchev–Trinajstić information content (AvgIpc) is 2.66. The number of aromatic hydroxyl groups is 1. The molecule has 0 spiro atoms. The number of allylic oxidation sites excluding steroid dienone is 2. The Balaban J connectivity index is 0.00000200. The standard InChI is InChI=1S/C16H19NO2.BrH/c1-5-13-10(2)14(17-11(13)3)8-12-6-7-15(18)16(9-12)19-4;/h6-9,18H,5H2,1-4H3;1H. The highest BCUT2D eigenvalue weighted by Crippen LogP contribution is 2.31. The number of aliphatic imine (C=N–C) groups is 1. The van der Waals surface area contributed by atoms with Gasteiger partial charge in [0.25, 0.3) is 0 Å². The van der Waals surface area contributed by atoms with Crippen molar-refractivity contribution in [2.24, 2.45) is 4.99 Å². The molecule has 0 amide bonds. The van der Waals surface area contributed by atoms with E-state index < -0.39 is 0 Å². The lowest BCUT2D eigenvalue weighted by Crippen LogP contribution is -1.91. The minimum absolute atomic E-state index is 0. The van der Waals surface area contributed by atoms with Crippen LogP contribution in [0.2, 0.25) is 0 Å². The first-order valence-electron chi connectivity index (χ1n) is 6.41. The Hall–Kier alpha value is -1.55. The van der Waals surface area contributed by atoms with Crippen LogP contribution in [0.25, 0.3) is 6.08 Å². The van der Waals surface area contributed by atoms with E-state index in [0.717, 1.165) is 23.4 Å². The Morgan fingerprint density at radius 1 is 1.30 bits per heavy atom. The lowest BCUT2D eigenvalue weighted by Gasteiger charge is -2.05. The molecule has 0 saturated carbocycles. The molecule has 0 unspecified atom stereocenters. The van der Waals surface area contributed by atoms with E-state index >= 15 is 0 Å². The molecule has 1 N–H and O–H groups in total. The van der Waals surface area contributed by atoms with Gasteiger partial charge in [0.1, 0.15) is 0 Å². The minimum Gasteiger partial charge on any atom is -0.504 e. The molecule has 0 atom stereocenters. The zero-order valence-electron chi connectivity index (χ0n) is 12.2. The quantitative estimate of drug-likeness (QED) is 0.880. The van der Waals surface area contributed by atoms with Crippen molar-refractivity contribution in [3.05, 3.63) is 40.6 Å². The predicted octanol–water partition coefficient (Wildman–Crippen LogP) is 4.52. The van der Waals surface area contributed by atoms with Crippen LogP contribution in [0.5, 0.6) is 11.5 Å². The van der Waals surface area contributed by atoms with Crippen molar-refractivity contribution in [1.29, 1.82) is 0 Å². The third kappa shape index (κ3) is 3.12. The van der Waals surface area contributed by atoms with E-state index in [-0.39, 0.29) is 22.7 Å². The van der Waals surface area contributed by atoms with E-state index in [0.29, 0.717) is 5.75 Å². The maximum absolute atomic E-state index is 9.59. The molecule has 20 heavy (non-hydrogen) atoms. The molecule has 3 nitrogen and oxygen atoms in total. The molecule has 1 aromatic carbocycles. The summed E-state index contributed by atoms with van der Waals surface area (Å²) in [5.74, 6) is 0.627. The van der Waals surface area contributed by atoms with Gasteiger partial charge < -0.3 is 9.84 Å². The number of hydrogen-bond acceptors (Lipinski definition) is 3. The summed E-state index contributed by atoms with van der Waals surface area (Å²) in [6, 6.07) is 5.30. The van der Waals surface area contributed by atoms with Gasteiger partial charge in [-0.05, 0) is 55.2 Å². The molecule has 0 aromatic heterocycles. The van der Waals surface area contributed by atoms with Crippen LogP contribution < -0.4 is 4.74 Å². The molecule has 0 saturated heterocycles. The summed E-state index contributed by atoms with van der Waals surface area (Å²) in [6.45, 7) is 6.28. The summed E-state index contributed by atoms with van der Waals surface area (Å²) in [5.41, 5.74) is 5.60. The molecular formula is C16H20BrNO2. The van der Waals surface area contributed by atoms with Crippen LogP contribution in [0, 0.1) is 0 Å². The van der Waals surface area contributed by atoms with Crippen molar-refractivity contribution in [3.8, 4) is 11.5 Å². The van der Waals surface area contributed by atoms with Crippen LogP contribution in [0.4, 0.5) is 0 Å². The SMILES string of the molecule is Br.CCC1=C(C)C(=Cc2ccc(O)c(OC)c2)N=C1C. The highest BCUT2D eigenvalue weighted by molar-refractivity contribution is 8.93. The first-order chi connectivity index (χ1) is 9.06. The first kappa shape index (κ1) is 16.5. The highest BCUT2D eigenvalue weighted by Gasteiger charge is 2.15. The second kappa shape index (κ2) is 6.75. The molecule has 1 aliphatic heterocycles.